The van der Waals surface area contributed by atoms with Gasteiger partial charge in [-0.05, 0) is 106 Å². The summed E-state index contributed by atoms with van der Waals surface area (Å²) in [5.41, 5.74) is 3.59. The predicted molar refractivity (Wildman–Crippen MR) is 186 cm³/mol. The summed E-state index contributed by atoms with van der Waals surface area (Å²) in [6.45, 7) is 6.03. The first-order valence-electron chi connectivity index (χ1n) is 16.8. The summed E-state index contributed by atoms with van der Waals surface area (Å²) in [5.74, 6) is -1.51. The number of imidazole rings is 1. The second kappa shape index (κ2) is 14.9. The Kier molecular flexibility index (Phi) is 10.4. The lowest BCUT2D eigenvalue weighted by Crippen LogP contribution is -2.23. The van der Waals surface area contributed by atoms with Crippen molar-refractivity contribution < 1.29 is 32.2 Å². The van der Waals surface area contributed by atoms with Gasteiger partial charge >= 0.3 is 5.97 Å². The molecule has 0 saturated carbocycles. The molecule has 1 aliphatic carbocycles. The first kappa shape index (κ1) is 34.9. The quantitative estimate of drug-likeness (QED) is 0.129. The largest absolute Gasteiger partial charge is 0.473 e. The van der Waals surface area contributed by atoms with Crippen LogP contribution in [0.4, 0.5) is 13.2 Å². The molecule has 0 saturated heterocycles. The van der Waals surface area contributed by atoms with Crippen LogP contribution in [0.5, 0.6) is 5.88 Å². The number of aromatic nitrogens is 3. The van der Waals surface area contributed by atoms with Crippen molar-refractivity contribution in [2.75, 3.05) is 13.7 Å². The summed E-state index contributed by atoms with van der Waals surface area (Å²) < 4.78 is 64.7. The fourth-order valence-corrected chi connectivity index (χ4v) is 6.06. The second-order valence-electron chi connectivity index (χ2n) is 13.4. The third kappa shape index (κ3) is 8.08. The van der Waals surface area contributed by atoms with E-state index in [1.54, 1.807) is 70.3 Å². The zero-order valence-electron chi connectivity index (χ0n) is 28.7. The van der Waals surface area contributed by atoms with Gasteiger partial charge in [0.15, 0.2) is 0 Å². The summed E-state index contributed by atoms with van der Waals surface area (Å²) >= 11 is 0. The molecule has 0 atom stereocenters. The molecule has 0 aliphatic heterocycles. The fraction of sp³-hybridized carbons (Fsp3) is 0.325. The minimum Gasteiger partial charge on any atom is -0.473 e. The van der Waals surface area contributed by atoms with Gasteiger partial charge in [-0.2, -0.15) is 0 Å². The summed E-state index contributed by atoms with van der Waals surface area (Å²) in [7, 11) is 1.57. The summed E-state index contributed by atoms with van der Waals surface area (Å²) in [5, 5.41) is 0. The number of nitrogens with zero attached hydrogens (tertiary/aromatic N) is 3. The van der Waals surface area contributed by atoms with Gasteiger partial charge in [-0.25, -0.2) is 27.9 Å². The van der Waals surface area contributed by atoms with Crippen molar-refractivity contribution in [3.05, 3.63) is 118 Å². The van der Waals surface area contributed by atoms with Crippen molar-refractivity contribution in [1.29, 1.82) is 0 Å². The van der Waals surface area contributed by atoms with E-state index in [-0.39, 0.29) is 41.5 Å². The average molecular weight is 684 g/mol. The Morgan fingerprint density at radius 2 is 1.72 bits per heavy atom. The molecule has 0 spiro atoms. The standard InChI is InChI=1S/C40H40F3N3O4/c1-40(2,3)50-39(47)27-15-16-35-36(21-27)46(17-18-48-4)37(44-35)22-29-20-33(43)30(23-32(29)42)34-11-8-12-38(45-34)49-24-28-14-13-26(19-31(28)41)25-9-6-5-7-10-25/h8-9,11-16,19-21,23H,5-7,10,17-18,22,24H2,1-4H3. The van der Waals surface area contributed by atoms with Crippen molar-refractivity contribution in [3.63, 3.8) is 0 Å². The third-order valence-corrected chi connectivity index (χ3v) is 8.56. The van der Waals surface area contributed by atoms with Crippen LogP contribution in [-0.4, -0.2) is 39.8 Å². The Morgan fingerprint density at radius 1 is 0.900 bits per heavy atom. The molecule has 0 radical (unpaired) electrons. The Bertz CT molecular complexity index is 2070. The topological polar surface area (TPSA) is 75.5 Å². The first-order chi connectivity index (χ1) is 24.0. The maximum absolute atomic E-state index is 15.7. The molecule has 6 rings (SSSR count). The van der Waals surface area contributed by atoms with Crippen LogP contribution in [0.3, 0.4) is 0 Å². The first-order valence-corrected chi connectivity index (χ1v) is 16.8. The number of hydrogen-bond donors (Lipinski definition) is 0. The predicted octanol–water partition coefficient (Wildman–Crippen LogP) is 9.24. The molecule has 3 aromatic carbocycles. The van der Waals surface area contributed by atoms with Gasteiger partial charge in [0.2, 0.25) is 5.88 Å². The number of hydrogen-bond acceptors (Lipinski definition) is 6. The Morgan fingerprint density at radius 3 is 2.46 bits per heavy atom. The molecule has 5 aromatic rings. The number of ether oxygens (including phenoxy) is 3. The number of fused-ring (bicyclic) bond motifs is 1. The van der Waals surface area contributed by atoms with E-state index in [1.807, 2.05) is 10.6 Å². The minimum atomic E-state index is -0.670. The van der Waals surface area contributed by atoms with Gasteiger partial charge in [-0.3, -0.25) is 0 Å². The van der Waals surface area contributed by atoms with Gasteiger partial charge in [0.1, 0.15) is 35.5 Å². The van der Waals surface area contributed by atoms with Crippen molar-refractivity contribution in [2.24, 2.45) is 0 Å². The molecule has 2 aromatic heterocycles. The molecule has 260 valence electrons. The molecular weight excluding hydrogens is 643 g/mol. The van der Waals surface area contributed by atoms with Crippen LogP contribution >= 0.6 is 0 Å². The van der Waals surface area contributed by atoms with E-state index in [0.717, 1.165) is 49.0 Å². The molecule has 0 amide bonds. The molecule has 1 aliphatic rings. The molecule has 0 unspecified atom stereocenters. The average Bonchev–Trinajstić information content (AvgIpc) is 3.43. The number of benzene rings is 3. The Hall–Kier alpha value is -4.96. The Balaban J connectivity index is 1.21. The minimum absolute atomic E-state index is 0.0125. The van der Waals surface area contributed by atoms with Crippen LogP contribution in [0.15, 0.2) is 72.8 Å². The Labute approximate surface area is 289 Å². The number of allylic oxidation sites excluding steroid dienone is 2. The number of pyridine rings is 1. The third-order valence-electron chi connectivity index (χ3n) is 8.56. The highest BCUT2D eigenvalue weighted by molar-refractivity contribution is 5.94. The zero-order valence-corrected chi connectivity index (χ0v) is 28.7. The van der Waals surface area contributed by atoms with Crippen LogP contribution in [0.2, 0.25) is 0 Å². The number of halogens is 3. The summed E-state index contributed by atoms with van der Waals surface area (Å²) in [4.78, 5) is 21.8. The molecule has 2 heterocycles. The molecule has 10 heteroatoms. The van der Waals surface area contributed by atoms with Gasteiger partial charge in [-0.15, -0.1) is 0 Å². The lowest BCUT2D eigenvalue weighted by Gasteiger charge is -2.19. The molecule has 0 fully saturated rings. The molecule has 50 heavy (non-hydrogen) atoms. The van der Waals surface area contributed by atoms with Crippen LogP contribution in [-0.2, 0) is 29.0 Å². The number of carbonyl (C=O) groups excluding carboxylic acids is 1. The number of carbonyl (C=O) groups is 1. The van der Waals surface area contributed by atoms with Crippen molar-refractivity contribution >= 4 is 22.6 Å². The maximum Gasteiger partial charge on any atom is 0.338 e. The van der Waals surface area contributed by atoms with Gasteiger partial charge in [0, 0.05) is 37.3 Å². The highest BCUT2D eigenvalue weighted by atomic mass is 19.1. The van der Waals surface area contributed by atoms with E-state index in [2.05, 4.69) is 16.0 Å². The SMILES string of the molecule is COCCn1c(Cc2cc(F)c(-c3cccc(OCc4ccc(C5=CCCCC5)cc4F)n3)cc2F)nc2ccc(C(=O)OC(C)(C)C)cc21. The zero-order chi connectivity index (χ0) is 35.4. The van der Waals surface area contributed by atoms with Gasteiger partial charge < -0.3 is 18.8 Å². The van der Waals surface area contributed by atoms with Gasteiger partial charge in [0.25, 0.3) is 0 Å². The smallest absolute Gasteiger partial charge is 0.338 e. The van der Waals surface area contributed by atoms with E-state index in [0.29, 0.717) is 41.1 Å². The van der Waals surface area contributed by atoms with E-state index in [9.17, 15) is 9.18 Å². The van der Waals surface area contributed by atoms with E-state index < -0.39 is 23.2 Å². The van der Waals surface area contributed by atoms with Crippen LogP contribution in [0.1, 0.15) is 79.3 Å². The van der Waals surface area contributed by atoms with Crippen LogP contribution < -0.4 is 4.74 Å². The highest BCUT2D eigenvalue weighted by Gasteiger charge is 2.21. The second-order valence-corrected chi connectivity index (χ2v) is 13.4. The van der Waals surface area contributed by atoms with Crippen molar-refractivity contribution in [3.8, 4) is 17.1 Å². The number of methoxy groups -OCH3 is 1. The van der Waals surface area contributed by atoms with E-state index in [1.165, 1.54) is 6.07 Å². The van der Waals surface area contributed by atoms with Gasteiger partial charge in [0.05, 0.1) is 28.9 Å². The number of esters is 1. The molecule has 0 bridgehead atoms. The maximum atomic E-state index is 15.7. The van der Waals surface area contributed by atoms with Gasteiger partial charge in [-0.1, -0.05) is 24.3 Å². The monoisotopic (exact) mass is 683 g/mol. The van der Waals surface area contributed by atoms with Crippen molar-refractivity contribution in [2.45, 2.75) is 71.6 Å². The van der Waals surface area contributed by atoms with E-state index >= 15 is 8.78 Å². The fourth-order valence-electron chi connectivity index (χ4n) is 6.06. The normalized spacial score (nSPS) is 13.4. The van der Waals surface area contributed by atoms with Crippen LogP contribution in [0, 0.1) is 17.5 Å². The van der Waals surface area contributed by atoms with Crippen molar-refractivity contribution in [1.82, 2.24) is 14.5 Å². The molecule has 7 nitrogen and oxygen atoms in total. The summed E-state index contributed by atoms with van der Waals surface area (Å²) in [6.07, 6.45) is 6.37. The highest BCUT2D eigenvalue weighted by Crippen LogP contribution is 2.30. The van der Waals surface area contributed by atoms with Crippen LogP contribution in [0.25, 0.3) is 27.9 Å². The number of rotatable bonds is 11. The lowest BCUT2D eigenvalue weighted by molar-refractivity contribution is 0.00696. The molecule has 0 N–H and O–H groups in total. The van der Waals surface area contributed by atoms with E-state index in [4.69, 9.17) is 14.2 Å². The lowest BCUT2D eigenvalue weighted by atomic mass is 9.93. The molecular formula is C40H40F3N3O4. The summed E-state index contributed by atoms with van der Waals surface area (Å²) in [6, 6.07) is 17.2.